The minimum Gasteiger partial charge on any atom is -0.381 e. The fourth-order valence-corrected chi connectivity index (χ4v) is 2.16. The number of nitrogens with one attached hydrogen (secondary N) is 1. The van der Waals surface area contributed by atoms with E-state index < -0.39 is 0 Å². The monoisotopic (exact) mass is 267 g/mol. The molecule has 0 bridgehead atoms. The Hall–Kier alpha value is -0.870. The van der Waals surface area contributed by atoms with Crippen molar-refractivity contribution in [2.24, 2.45) is 0 Å². The number of ether oxygens (including phenoxy) is 1. The standard InChI is InChI=1S/C15H29N3O/c1-4-9-16-14(8-13-19-12-6-3)15-7-10-17-18(15)11-5-2/h7,10,14,16H,4-6,8-9,11-13H2,1-3H3. The second kappa shape index (κ2) is 9.98. The number of aromatic nitrogens is 2. The van der Waals surface area contributed by atoms with Crippen LogP contribution in [-0.4, -0.2) is 29.5 Å². The van der Waals surface area contributed by atoms with Crippen LogP contribution < -0.4 is 5.32 Å². The molecule has 19 heavy (non-hydrogen) atoms. The van der Waals surface area contributed by atoms with Crippen LogP contribution in [0, 0.1) is 0 Å². The Bertz CT molecular complexity index is 325. The average molecular weight is 267 g/mol. The van der Waals surface area contributed by atoms with E-state index >= 15 is 0 Å². The summed E-state index contributed by atoms with van der Waals surface area (Å²) >= 11 is 0. The lowest BCUT2D eigenvalue weighted by Gasteiger charge is -2.20. The summed E-state index contributed by atoms with van der Waals surface area (Å²) in [5, 5.41) is 8.02. The first-order valence-electron chi connectivity index (χ1n) is 7.66. The van der Waals surface area contributed by atoms with Crippen LogP contribution >= 0.6 is 0 Å². The van der Waals surface area contributed by atoms with Gasteiger partial charge in [-0.15, -0.1) is 0 Å². The van der Waals surface area contributed by atoms with Gasteiger partial charge in [-0.25, -0.2) is 0 Å². The summed E-state index contributed by atoms with van der Waals surface area (Å²) in [7, 11) is 0. The Morgan fingerprint density at radius 3 is 2.74 bits per heavy atom. The Labute approximate surface area is 117 Å². The Morgan fingerprint density at radius 2 is 2.05 bits per heavy atom. The zero-order chi connectivity index (χ0) is 13.9. The van der Waals surface area contributed by atoms with E-state index in [-0.39, 0.29) is 0 Å². The molecule has 1 aromatic heterocycles. The van der Waals surface area contributed by atoms with Gasteiger partial charge in [-0.05, 0) is 38.3 Å². The lowest BCUT2D eigenvalue weighted by molar-refractivity contribution is 0.123. The van der Waals surface area contributed by atoms with Crippen molar-refractivity contribution in [2.75, 3.05) is 19.8 Å². The molecule has 1 rings (SSSR count). The molecule has 0 aliphatic heterocycles. The van der Waals surface area contributed by atoms with Gasteiger partial charge in [-0.3, -0.25) is 4.68 Å². The molecule has 4 nitrogen and oxygen atoms in total. The molecule has 1 unspecified atom stereocenters. The predicted octanol–water partition coefficient (Wildman–Crippen LogP) is 3.15. The molecular weight excluding hydrogens is 238 g/mol. The fraction of sp³-hybridized carbons (Fsp3) is 0.800. The molecule has 0 saturated heterocycles. The highest BCUT2D eigenvalue weighted by atomic mass is 16.5. The number of aryl methyl sites for hydroxylation is 1. The third-order valence-electron chi connectivity index (χ3n) is 3.08. The molecule has 0 amide bonds. The van der Waals surface area contributed by atoms with E-state index in [1.165, 1.54) is 5.69 Å². The van der Waals surface area contributed by atoms with Crippen molar-refractivity contribution in [2.45, 2.75) is 59.0 Å². The molecule has 1 N–H and O–H groups in total. The average Bonchev–Trinajstić information content (AvgIpc) is 2.87. The second-order valence-corrected chi connectivity index (χ2v) is 4.89. The van der Waals surface area contributed by atoms with Crippen LogP contribution in [0.4, 0.5) is 0 Å². The first kappa shape index (κ1) is 16.2. The first-order chi connectivity index (χ1) is 9.33. The lowest BCUT2D eigenvalue weighted by atomic mass is 10.1. The van der Waals surface area contributed by atoms with Gasteiger partial charge >= 0.3 is 0 Å². The van der Waals surface area contributed by atoms with Gasteiger partial charge < -0.3 is 10.1 Å². The lowest BCUT2D eigenvalue weighted by Crippen LogP contribution is -2.26. The molecule has 4 heteroatoms. The maximum Gasteiger partial charge on any atom is 0.0554 e. The van der Waals surface area contributed by atoms with E-state index in [0.717, 1.165) is 52.0 Å². The molecule has 0 saturated carbocycles. The van der Waals surface area contributed by atoms with Crippen LogP contribution in [0.5, 0.6) is 0 Å². The summed E-state index contributed by atoms with van der Waals surface area (Å²) in [4.78, 5) is 0. The van der Waals surface area contributed by atoms with E-state index in [0.29, 0.717) is 6.04 Å². The summed E-state index contributed by atoms with van der Waals surface area (Å²) < 4.78 is 7.74. The molecule has 0 fully saturated rings. The quantitative estimate of drug-likeness (QED) is 0.626. The summed E-state index contributed by atoms with van der Waals surface area (Å²) in [5.74, 6) is 0. The van der Waals surface area contributed by atoms with Gasteiger partial charge in [-0.1, -0.05) is 20.8 Å². The van der Waals surface area contributed by atoms with Gasteiger partial charge in [0.05, 0.1) is 11.7 Å². The van der Waals surface area contributed by atoms with Gasteiger partial charge in [0.1, 0.15) is 0 Å². The van der Waals surface area contributed by atoms with Gasteiger partial charge in [-0.2, -0.15) is 5.10 Å². The Balaban J connectivity index is 2.57. The van der Waals surface area contributed by atoms with Crippen molar-refractivity contribution in [3.05, 3.63) is 18.0 Å². The summed E-state index contributed by atoms with van der Waals surface area (Å²) in [6.45, 7) is 10.2. The largest absolute Gasteiger partial charge is 0.381 e. The third kappa shape index (κ3) is 5.74. The maximum absolute atomic E-state index is 5.62. The molecule has 0 aromatic carbocycles. The summed E-state index contributed by atoms with van der Waals surface area (Å²) in [6.07, 6.45) is 6.25. The number of nitrogens with zero attached hydrogens (tertiary/aromatic N) is 2. The molecule has 0 radical (unpaired) electrons. The molecule has 0 aliphatic rings. The van der Waals surface area contributed by atoms with Crippen molar-refractivity contribution in [1.29, 1.82) is 0 Å². The van der Waals surface area contributed by atoms with Crippen molar-refractivity contribution in [1.82, 2.24) is 15.1 Å². The van der Waals surface area contributed by atoms with Crippen molar-refractivity contribution < 1.29 is 4.74 Å². The van der Waals surface area contributed by atoms with Crippen LogP contribution in [0.2, 0.25) is 0 Å². The number of rotatable bonds is 11. The molecular formula is C15H29N3O. The molecule has 1 atom stereocenters. The normalized spacial score (nSPS) is 12.8. The highest BCUT2D eigenvalue weighted by Gasteiger charge is 2.15. The topological polar surface area (TPSA) is 39.1 Å². The Morgan fingerprint density at radius 1 is 1.21 bits per heavy atom. The Kier molecular flexibility index (Phi) is 8.50. The smallest absolute Gasteiger partial charge is 0.0554 e. The van der Waals surface area contributed by atoms with Crippen molar-refractivity contribution in [3.63, 3.8) is 0 Å². The van der Waals surface area contributed by atoms with Gasteiger partial charge in [0, 0.05) is 26.0 Å². The molecule has 110 valence electrons. The number of hydrogen-bond donors (Lipinski definition) is 1. The van der Waals surface area contributed by atoms with E-state index in [1.54, 1.807) is 0 Å². The van der Waals surface area contributed by atoms with Crippen LogP contribution in [0.3, 0.4) is 0 Å². The van der Waals surface area contributed by atoms with E-state index in [9.17, 15) is 0 Å². The minimum atomic E-state index is 0.353. The van der Waals surface area contributed by atoms with Gasteiger partial charge in [0.25, 0.3) is 0 Å². The van der Waals surface area contributed by atoms with E-state index in [2.05, 4.69) is 41.9 Å². The SMILES string of the molecule is CCCNC(CCOCCC)c1ccnn1CCC. The molecule has 1 aromatic rings. The molecule has 1 heterocycles. The summed E-state index contributed by atoms with van der Waals surface area (Å²) in [6, 6.07) is 2.48. The van der Waals surface area contributed by atoms with Gasteiger partial charge in [0.2, 0.25) is 0 Å². The van der Waals surface area contributed by atoms with Gasteiger partial charge in [0.15, 0.2) is 0 Å². The van der Waals surface area contributed by atoms with Crippen LogP contribution in [0.15, 0.2) is 12.3 Å². The van der Waals surface area contributed by atoms with E-state index in [1.807, 2.05) is 6.20 Å². The van der Waals surface area contributed by atoms with Crippen LogP contribution in [0.1, 0.15) is 58.2 Å². The van der Waals surface area contributed by atoms with E-state index in [4.69, 9.17) is 4.74 Å². The summed E-state index contributed by atoms with van der Waals surface area (Å²) in [5.41, 5.74) is 1.29. The third-order valence-corrected chi connectivity index (χ3v) is 3.08. The second-order valence-electron chi connectivity index (χ2n) is 4.89. The predicted molar refractivity (Wildman–Crippen MR) is 79.3 cm³/mol. The zero-order valence-corrected chi connectivity index (χ0v) is 12.7. The highest BCUT2D eigenvalue weighted by molar-refractivity contribution is 5.07. The van der Waals surface area contributed by atoms with Crippen molar-refractivity contribution in [3.8, 4) is 0 Å². The first-order valence-corrected chi connectivity index (χ1v) is 7.66. The fourth-order valence-electron chi connectivity index (χ4n) is 2.16. The van der Waals surface area contributed by atoms with Crippen LogP contribution in [0.25, 0.3) is 0 Å². The molecule has 0 aliphatic carbocycles. The maximum atomic E-state index is 5.62. The minimum absolute atomic E-state index is 0.353. The van der Waals surface area contributed by atoms with Crippen LogP contribution in [-0.2, 0) is 11.3 Å². The zero-order valence-electron chi connectivity index (χ0n) is 12.7. The van der Waals surface area contributed by atoms with Crippen molar-refractivity contribution >= 4 is 0 Å². The highest BCUT2D eigenvalue weighted by Crippen LogP contribution is 2.17. The number of hydrogen-bond acceptors (Lipinski definition) is 3. The molecule has 0 spiro atoms.